The van der Waals surface area contributed by atoms with Crippen LogP contribution in [0.2, 0.25) is 0 Å². The van der Waals surface area contributed by atoms with Gasteiger partial charge < -0.3 is 19.9 Å². The number of ether oxygens (including phenoxy) is 1. The molecule has 0 spiro atoms. The maximum Gasteiger partial charge on any atom is 0.191 e. The molecule has 7 nitrogen and oxygen atoms in total. The minimum atomic E-state index is 0.112. The smallest absolute Gasteiger partial charge is 0.191 e. The number of methoxy groups -OCH3 is 1. The summed E-state index contributed by atoms with van der Waals surface area (Å²) in [6.45, 7) is 6.12. The van der Waals surface area contributed by atoms with Crippen molar-refractivity contribution in [3.63, 3.8) is 0 Å². The van der Waals surface area contributed by atoms with E-state index in [9.17, 15) is 0 Å². The maximum absolute atomic E-state index is 5.51. The molecular formula is C16H28N6O. The largest absolute Gasteiger partial charge is 0.381 e. The molecule has 128 valence electrons. The Morgan fingerprint density at radius 2 is 2.22 bits per heavy atom. The van der Waals surface area contributed by atoms with Crippen molar-refractivity contribution >= 4 is 5.96 Å². The standard InChI is InChI=1S/C16H28N6O/c1-16(2)11(9-12(16)23-4)19-15(17-3)18-10-14-21-20-13-7-5-6-8-22(13)14/h11-12H,5-10H2,1-4H3,(H2,17,18,19). The highest BCUT2D eigenvalue weighted by atomic mass is 16.5. The molecule has 7 heteroatoms. The zero-order chi connectivity index (χ0) is 16.4. The van der Waals surface area contributed by atoms with E-state index in [2.05, 4.69) is 44.2 Å². The Kier molecular flexibility index (Phi) is 4.57. The van der Waals surface area contributed by atoms with Crippen LogP contribution in [0.25, 0.3) is 0 Å². The molecule has 0 saturated heterocycles. The number of nitrogens with one attached hydrogen (secondary N) is 2. The number of aliphatic imine (C=N–C) groups is 1. The zero-order valence-electron chi connectivity index (χ0n) is 14.6. The lowest BCUT2D eigenvalue weighted by molar-refractivity contribution is -0.0922. The third kappa shape index (κ3) is 3.06. The van der Waals surface area contributed by atoms with E-state index in [-0.39, 0.29) is 5.41 Å². The fraction of sp³-hybridized carbons (Fsp3) is 0.812. The van der Waals surface area contributed by atoms with E-state index in [0.717, 1.165) is 37.0 Å². The van der Waals surface area contributed by atoms with Crippen molar-refractivity contribution in [2.75, 3.05) is 14.2 Å². The quantitative estimate of drug-likeness (QED) is 0.641. The van der Waals surface area contributed by atoms with Crippen molar-refractivity contribution in [2.24, 2.45) is 10.4 Å². The summed E-state index contributed by atoms with van der Waals surface area (Å²) in [5, 5.41) is 15.5. The lowest BCUT2D eigenvalue weighted by Crippen LogP contribution is -2.63. The molecule has 1 aliphatic heterocycles. The molecule has 2 N–H and O–H groups in total. The molecule has 2 heterocycles. The van der Waals surface area contributed by atoms with Crippen molar-refractivity contribution in [1.82, 2.24) is 25.4 Å². The van der Waals surface area contributed by atoms with Crippen LogP contribution in [0.5, 0.6) is 0 Å². The molecule has 0 aromatic carbocycles. The summed E-state index contributed by atoms with van der Waals surface area (Å²) in [7, 11) is 3.58. The summed E-state index contributed by atoms with van der Waals surface area (Å²) in [6, 6.07) is 0.367. The number of fused-ring (bicyclic) bond motifs is 1. The Bertz CT molecular complexity index is 579. The highest BCUT2D eigenvalue weighted by Gasteiger charge is 2.48. The van der Waals surface area contributed by atoms with Crippen molar-refractivity contribution in [2.45, 2.75) is 64.8 Å². The first-order valence-corrected chi connectivity index (χ1v) is 8.47. The first-order chi connectivity index (χ1) is 11.1. The van der Waals surface area contributed by atoms with Crippen molar-refractivity contribution in [3.8, 4) is 0 Å². The van der Waals surface area contributed by atoms with Gasteiger partial charge in [0.15, 0.2) is 11.8 Å². The molecule has 1 fully saturated rings. The molecule has 0 bridgehead atoms. The van der Waals surface area contributed by atoms with Crippen molar-refractivity contribution < 1.29 is 4.74 Å². The third-order valence-electron chi connectivity index (χ3n) is 5.35. The Morgan fingerprint density at radius 3 is 2.91 bits per heavy atom. The Balaban J connectivity index is 1.56. The van der Waals surface area contributed by atoms with Crippen LogP contribution in [-0.4, -0.2) is 47.0 Å². The predicted molar refractivity (Wildman–Crippen MR) is 89.3 cm³/mol. The van der Waals surface area contributed by atoms with Crippen LogP contribution in [0.3, 0.4) is 0 Å². The number of aryl methyl sites for hydroxylation is 1. The minimum absolute atomic E-state index is 0.112. The highest BCUT2D eigenvalue weighted by molar-refractivity contribution is 5.80. The van der Waals surface area contributed by atoms with Crippen LogP contribution in [0, 0.1) is 5.41 Å². The molecule has 2 aliphatic rings. The van der Waals surface area contributed by atoms with E-state index in [1.165, 1.54) is 12.8 Å². The van der Waals surface area contributed by atoms with Gasteiger partial charge in [-0.1, -0.05) is 13.8 Å². The van der Waals surface area contributed by atoms with Gasteiger partial charge in [0, 0.05) is 38.6 Å². The summed E-state index contributed by atoms with van der Waals surface area (Å²) in [4.78, 5) is 4.33. The molecular weight excluding hydrogens is 292 g/mol. The van der Waals surface area contributed by atoms with Crippen LogP contribution >= 0.6 is 0 Å². The van der Waals surface area contributed by atoms with Gasteiger partial charge in [-0.3, -0.25) is 4.99 Å². The van der Waals surface area contributed by atoms with Crippen molar-refractivity contribution in [1.29, 1.82) is 0 Å². The molecule has 1 aromatic rings. The summed E-state index contributed by atoms with van der Waals surface area (Å²) in [5.41, 5.74) is 0.112. The summed E-state index contributed by atoms with van der Waals surface area (Å²) >= 11 is 0. The minimum Gasteiger partial charge on any atom is -0.381 e. The first-order valence-electron chi connectivity index (χ1n) is 8.47. The number of nitrogens with zero attached hydrogens (tertiary/aromatic N) is 4. The van der Waals surface area contributed by atoms with Gasteiger partial charge in [0.05, 0.1) is 12.6 Å². The Morgan fingerprint density at radius 1 is 1.39 bits per heavy atom. The van der Waals surface area contributed by atoms with Crippen LogP contribution in [0.15, 0.2) is 4.99 Å². The fourth-order valence-corrected chi connectivity index (χ4v) is 3.55. The third-order valence-corrected chi connectivity index (χ3v) is 5.35. The maximum atomic E-state index is 5.51. The van der Waals surface area contributed by atoms with Gasteiger partial charge in [-0.25, -0.2) is 0 Å². The van der Waals surface area contributed by atoms with Gasteiger partial charge in [-0.05, 0) is 19.3 Å². The van der Waals surface area contributed by atoms with Gasteiger partial charge in [0.2, 0.25) is 0 Å². The fourth-order valence-electron chi connectivity index (χ4n) is 3.55. The van der Waals surface area contributed by atoms with E-state index in [4.69, 9.17) is 4.74 Å². The van der Waals surface area contributed by atoms with Gasteiger partial charge in [0.25, 0.3) is 0 Å². The molecule has 1 aromatic heterocycles. The van der Waals surface area contributed by atoms with Crippen LogP contribution in [-0.2, 0) is 24.2 Å². The van der Waals surface area contributed by atoms with Gasteiger partial charge in [0.1, 0.15) is 5.82 Å². The normalized spacial score (nSPS) is 26.3. The van der Waals surface area contributed by atoms with Crippen LogP contribution in [0.1, 0.15) is 44.8 Å². The molecule has 2 atom stereocenters. The van der Waals surface area contributed by atoms with Crippen LogP contribution in [0.4, 0.5) is 0 Å². The summed E-state index contributed by atoms with van der Waals surface area (Å²) in [5.74, 6) is 2.91. The molecule has 3 rings (SSSR count). The molecule has 0 radical (unpaired) electrons. The van der Waals surface area contributed by atoms with E-state index >= 15 is 0 Å². The zero-order valence-corrected chi connectivity index (χ0v) is 14.6. The number of aromatic nitrogens is 3. The second-order valence-corrected chi connectivity index (χ2v) is 7.05. The highest BCUT2D eigenvalue weighted by Crippen LogP contribution is 2.42. The lowest BCUT2D eigenvalue weighted by atomic mass is 9.64. The average molecular weight is 320 g/mol. The topological polar surface area (TPSA) is 76.4 Å². The average Bonchev–Trinajstić information content (AvgIpc) is 2.97. The van der Waals surface area contributed by atoms with Gasteiger partial charge >= 0.3 is 0 Å². The predicted octanol–water partition coefficient (Wildman–Crippen LogP) is 1.09. The monoisotopic (exact) mass is 320 g/mol. The Hall–Kier alpha value is -1.63. The SMILES string of the molecule is CN=C(NCc1nnc2n1CCCC2)NC1CC(OC)C1(C)C. The summed E-state index contributed by atoms with van der Waals surface area (Å²) in [6.07, 6.45) is 4.77. The van der Waals surface area contributed by atoms with E-state index in [1.54, 1.807) is 14.2 Å². The molecule has 1 aliphatic carbocycles. The number of guanidine groups is 1. The lowest BCUT2D eigenvalue weighted by Gasteiger charge is -2.51. The second kappa shape index (κ2) is 6.47. The second-order valence-electron chi connectivity index (χ2n) is 7.05. The summed E-state index contributed by atoms with van der Waals surface area (Å²) < 4.78 is 7.74. The van der Waals surface area contributed by atoms with E-state index in [0.29, 0.717) is 18.7 Å². The number of hydrogen-bond acceptors (Lipinski definition) is 4. The molecule has 1 saturated carbocycles. The molecule has 2 unspecified atom stereocenters. The Labute approximate surface area is 137 Å². The molecule has 0 amide bonds. The van der Waals surface area contributed by atoms with Gasteiger partial charge in [-0.15, -0.1) is 10.2 Å². The van der Waals surface area contributed by atoms with Crippen LogP contribution < -0.4 is 10.6 Å². The number of hydrogen-bond donors (Lipinski definition) is 2. The number of rotatable bonds is 4. The van der Waals surface area contributed by atoms with Gasteiger partial charge in [-0.2, -0.15) is 0 Å². The van der Waals surface area contributed by atoms with E-state index < -0.39 is 0 Å². The van der Waals surface area contributed by atoms with E-state index in [1.807, 2.05) is 0 Å². The van der Waals surface area contributed by atoms with Crippen molar-refractivity contribution in [3.05, 3.63) is 11.6 Å². The first kappa shape index (κ1) is 16.2. The molecule has 23 heavy (non-hydrogen) atoms.